The average Bonchev–Trinajstić information content (AvgIpc) is 3.34. The molecule has 2 aliphatic heterocycles. The Morgan fingerprint density at radius 1 is 0.917 bits per heavy atom. The van der Waals surface area contributed by atoms with Crippen molar-refractivity contribution in [1.82, 2.24) is 0 Å². The van der Waals surface area contributed by atoms with Crippen LogP contribution in [0.25, 0.3) is 0 Å². The van der Waals surface area contributed by atoms with Gasteiger partial charge in [0.2, 0.25) is 12.5 Å². The third-order valence-corrected chi connectivity index (χ3v) is 6.58. The van der Waals surface area contributed by atoms with Crippen LogP contribution in [0.4, 0.5) is 5.69 Å². The zero-order chi connectivity index (χ0) is 25.4. The Labute approximate surface area is 208 Å². The predicted octanol–water partition coefficient (Wildman–Crippen LogP) is 4.74. The zero-order valence-electron chi connectivity index (χ0n) is 20.4. The highest BCUT2D eigenvalue weighted by Gasteiger charge is 2.39. The van der Waals surface area contributed by atoms with E-state index in [1.165, 1.54) is 0 Å². The fourth-order valence-corrected chi connectivity index (χ4v) is 4.78. The molecule has 0 saturated heterocycles. The van der Waals surface area contributed by atoms with Crippen LogP contribution in [0.5, 0.6) is 34.5 Å². The number of anilines is 1. The van der Waals surface area contributed by atoms with Gasteiger partial charge < -0.3 is 38.8 Å². The van der Waals surface area contributed by atoms with Gasteiger partial charge >= 0.3 is 5.97 Å². The lowest BCUT2D eigenvalue weighted by Gasteiger charge is -2.39. The third kappa shape index (κ3) is 4.06. The van der Waals surface area contributed by atoms with E-state index >= 15 is 0 Å². The van der Waals surface area contributed by atoms with Crippen molar-refractivity contribution >= 4 is 11.7 Å². The largest absolute Gasteiger partial charge is 0.493 e. The van der Waals surface area contributed by atoms with Crippen LogP contribution in [0.3, 0.4) is 0 Å². The van der Waals surface area contributed by atoms with Crippen LogP contribution in [0, 0.1) is 5.92 Å². The summed E-state index contributed by atoms with van der Waals surface area (Å²) >= 11 is 0. The Hall–Kier alpha value is -4.27. The SMILES string of the molecule is COc1cc([C@H]2c3cc4c(cc3O[C@@H](Nc3ccc(C(=O)O)cc3)[C@@H]2C)OCO4)cc(OC)c1OC. The number of benzene rings is 3. The van der Waals surface area contributed by atoms with E-state index < -0.39 is 12.2 Å². The highest BCUT2D eigenvalue weighted by Crippen LogP contribution is 2.51. The number of ether oxygens (including phenoxy) is 6. The van der Waals surface area contributed by atoms with Crippen LogP contribution in [-0.4, -0.2) is 45.4 Å². The number of carboxylic acid groups (broad SMARTS) is 1. The highest BCUT2D eigenvalue weighted by molar-refractivity contribution is 5.88. The molecule has 9 heteroatoms. The van der Waals surface area contributed by atoms with E-state index in [2.05, 4.69) is 12.2 Å². The number of nitrogens with one attached hydrogen (secondary N) is 1. The summed E-state index contributed by atoms with van der Waals surface area (Å²) in [6, 6.07) is 14.3. The minimum absolute atomic E-state index is 0.0696. The summed E-state index contributed by atoms with van der Waals surface area (Å²) in [6.45, 7) is 2.24. The van der Waals surface area contributed by atoms with Gasteiger partial charge in [0.1, 0.15) is 5.75 Å². The van der Waals surface area contributed by atoms with E-state index in [9.17, 15) is 9.90 Å². The molecule has 188 valence electrons. The van der Waals surface area contributed by atoms with E-state index in [1.54, 1.807) is 45.6 Å². The maximum absolute atomic E-state index is 11.2. The van der Waals surface area contributed by atoms with E-state index in [0.29, 0.717) is 34.5 Å². The van der Waals surface area contributed by atoms with Crippen LogP contribution < -0.4 is 33.7 Å². The van der Waals surface area contributed by atoms with Gasteiger partial charge in [-0.3, -0.25) is 0 Å². The fraction of sp³-hybridized carbons (Fsp3) is 0.296. The van der Waals surface area contributed by atoms with Crippen LogP contribution in [0.15, 0.2) is 48.5 Å². The molecule has 9 nitrogen and oxygen atoms in total. The maximum atomic E-state index is 11.2. The molecule has 2 N–H and O–H groups in total. The standard InChI is InChI=1S/C27H27NO8/c1-14-24(16-9-22(31-2)25(33-4)23(10-16)32-3)18-11-20-21(35-13-34-20)12-19(18)36-26(14)28-17-7-5-15(6-8-17)27(29)30/h5-12,14,24,26,28H,13H2,1-4H3,(H,29,30)/t14-,24+,26-/m1/s1. The maximum Gasteiger partial charge on any atom is 0.335 e. The van der Waals surface area contributed by atoms with E-state index in [4.69, 9.17) is 28.4 Å². The molecule has 0 radical (unpaired) electrons. The molecule has 3 aromatic rings. The molecule has 0 fully saturated rings. The fourth-order valence-electron chi connectivity index (χ4n) is 4.78. The molecule has 2 aliphatic rings. The summed E-state index contributed by atoms with van der Waals surface area (Å²) in [6.07, 6.45) is -0.433. The van der Waals surface area contributed by atoms with Crippen LogP contribution in [0.1, 0.15) is 34.3 Å². The van der Waals surface area contributed by atoms with Crippen LogP contribution >= 0.6 is 0 Å². The number of aromatic carboxylic acids is 1. The van der Waals surface area contributed by atoms with Crippen LogP contribution in [0.2, 0.25) is 0 Å². The molecule has 0 bridgehead atoms. The number of hydrogen-bond donors (Lipinski definition) is 2. The molecule has 3 atom stereocenters. The van der Waals surface area contributed by atoms with E-state index in [0.717, 1.165) is 16.8 Å². The van der Waals surface area contributed by atoms with Crippen molar-refractivity contribution in [2.75, 3.05) is 33.4 Å². The Bertz CT molecular complexity index is 1260. The molecular weight excluding hydrogens is 466 g/mol. The second-order valence-corrected chi connectivity index (χ2v) is 8.60. The Morgan fingerprint density at radius 2 is 1.56 bits per heavy atom. The van der Waals surface area contributed by atoms with Gasteiger partial charge in [0.15, 0.2) is 29.2 Å². The third-order valence-electron chi connectivity index (χ3n) is 6.58. The molecular formula is C27H27NO8. The van der Waals surface area contributed by atoms with Crippen molar-refractivity contribution in [1.29, 1.82) is 0 Å². The Morgan fingerprint density at radius 3 is 2.14 bits per heavy atom. The summed E-state index contributed by atoms with van der Waals surface area (Å²) < 4.78 is 34.4. The smallest absolute Gasteiger partial charge is 0.335 e. The summed E-state index contributed by atoms with van der Waals surface area (Å²) in [7, 11) is 4.75. The van der Waals surface area contributed by atoms with Gasteiger partial charge in [0, 0.05) is 29.2 Å². The van der Waals surface area contributed by atoms with Crippen molar-refractivity contribution in [3.8, 4) is 34.5 Å². The van der Waals surface area contributed by atoms with Crippen molar-refractivity contribution in [2.45, 2.75) is 19.1 Å². The number of rotatable bonds is 7. The highest BCUT2D eigenvalue weighted by atomic mass is 16.7. The number of methoxy groups -OCH3 is 3. The minimum Gasteiger partial charge on any atom is -0.493 e. The lowest BCUT2D eigenvalue weighted by atomic mass is 9.78. The van der Waals surface area contributed by atoms with Gasteiger partial charge in [-0.15, -0.1) is 0 Å². The first kappa shape index (κ1) is 23.5. The number of hydrogen-bond acceptors (Lipinski definition) is 8. The molecule has 0 aliphatic carbocycles. The second-order valence-electron chi connectivity index (χ2n) is 8.60. The average molecular weight is 494 g/mol. The lowest BCUT2D eigenvalue weighted by Crippen LogP contribution is -2.40. The molecule has 0 amide bonds. The molecule has 0 unspecified atom stereocenters. The van der Waals surface area contributed by atoms with Crippen molar-refractivity contribution < 1.29 is 38.3 Å². The number of fused-ring (bicyclic) bond motifs is 2. The Balaban J connectivity index is 1.59. The molecule has 0 spiro atoms. The van der Waals surface area contributed by atoms with Crippen molar-refractivity contribution in [2.24, 2.45) is 5.92 Å². The molecule has 0 aromatic heterocycles. The van der Waals surface area contributed by atoms with E-state index in [1.807, 2.05) is 24.3 Å². The molecule has 0 saturated carbocycles. The normalized spacial score (nSPS) is 19.6. The van der Waals surface area contributed by atoms with Crippen LogP contribution in [-0.2, 0) is 0 Å². The van der Waals surface area contributed by atoms with Gasteiger partial charge in [-0.25, -0.2) is 4.79 Å². The quantitative estimate of drug-likeness (QED) is 0.483. The summed E-state index contributed by atoms with van der Waals surface area (Å²) in [5, 5.41) is 12.6. The molecule has 36 heavy (non-hydrogen) atoms. The van der Waals surface area contributed by atoms with Gasteiger partial charge in [0.05, 0.1) is 26.9 Å². The molecule has 3 aromatic carbocycles. The first-order valence-electron chi connectivity index (χ1n) is 11.4. The molecule has 5 rings (SSSR count). The monoisotopic (exact) mass is 493 g/mol. The predicted molar refractivity (Wildman–Crippen MR) is 131 cm³/mol. The first-order valence-corrected chi connectivity index (χ1v) is 11.4. The number of carbonyl (C=O) groups is 1. The topological polar surface area (TPSA) is 105 Å². The first-order chi connectivity index (χ1) is 17.4. The van der Waals surface area contributed by atoms with Gasteiger partial charge in [-0.05, 0) is 48.0 Å². The minimum atomic E-state index is -0.976. The number of carboxylic acids is 1. The summed E-state index contributed by atoms with van der Waals surface area (Å²) in [4.78, 5) is 11.2. The summed E-state index contributed by atoms with van der Waals surface area (Å²) in [5.74, 6) is 2.40. The van der Waals surface area contributed by atoms with Gasteiger partial charge in [-0.2, -0.15) is 0 Å². The lowest BCUT2D eigenvalue weighted by molar-refractivity contribution is 0.0697. The Kier molecular flexibility index (Phi) is 6.13. The van der Waals surface area contributed by atoms with Crippen molar-refractivity contribution in [3.05, 3.63) is 65.2 Å². The zero-order valence-corrected chi connectivity index (χ0v) is 20.4. The van der Waals surface area contributed by atoms with Gasteiger partial charge in [-0.1, -0.05) is 6.92 Å². The van der Waals surface area contributed by atoms with Crippen molar-refractivity contribution in [3.63, 3.8) is 0 Å². The molecule has 2 heterocycles. The second kappa shape index (κ2) is 9.41. The van der Waals surface area contributed by atoms with Gasteiger partial charge in [0.25, 0.3) is 0 Å². The summed E-state index contributed by atoms with van der Waals surface area (Å²) in [5.41, 5.74) is 2.85. The van der Waals surface area contributed by atoms with E-state index in [-0.39, 0.29) is 24.2 Å².